The molecule has 26 heavy (non-hydrogen) atoms. The smallest absolute Gasteiger partial charge is 0.163 e. The second kappa shape index (κ2) is 6.65. The third-order valence-electron chi connectivity index (χ3n) is 7.34. The van der Waals surface area contributed by atoms with E-state index < -0.39 is 0 Å². The van der Waals surface area contributed by atoms with Crippen LogP contribution < -0.4 is 4.74 Å². The van der Waals surface area contributed by atoms with Gasteiger partial charge in [-0.1, -0.05) is 13.0 Å². The fourth-order valence-electron chi connectivity index (χ4n) is 5.79. The van der Waals surface area contributed by atoms with Crippen LogP contribution in [0.1, 0.15) is 60.9 Å². The molecule has 0 aliphatic heterocycles. The van der Waals surface area contributed by atoms with E-state index in [0.29, 0.717) is 30.8 Å². The summed E-state index contributed by atoms with van der Waals surface area (Å²) in [6, 6.07) is 6.12. The maximum atomic E-state index is 12.9. The summed E-state index contributed by atoms with van der Waals surface area (Å²) in [5.41, 5.74) is 2.10. The first-order valence-corrected chi connectivity index (χ1v) is 10.0. The lowest BCUT2D eigenvalue weighted by Gasteiger charge is -2.49. The maximum Gasteiger partial charge on any atom is 0.163 e. The summed E-state index contributed by atoms with van der Waals surface area (Å²) in [7, 11) is 4.05. The van der Waals surface area contributed by atoms with Crippen LogP contribution in [0, 0.1) is 17.3 Å². The second-order valence-corrected chi connectivity index (χ2v) is 9.04. The predicted octanol–water partition coefficient (Wildman–Crippen LogP) is 3.48. The third kappa shape index (κ3) is 2.87. The van der Waals surface area contributed by atoms with Gasteiger partial charge in [-0.25, -0.2) is 0 Å². The number of ketones is 1. The maximum absolute atomic E-state index is 12.9. The quantitative estimate of drug-likeness (QED) is 0.896. The molecular formula is C22H31NO3. The molecular weight excluding hydrogens is 326 g/mol. The topological polar surface area (TPSA) is 49.8 Å². The molecule has 142 valence electrons. The molecule has 0 saturated heterocycles. The number of carbonyl (C=O) groups excluding carboxylic acids is 1. The number of rotatable bonds is 4. The molecule has 5 atom stereocenters. The SMILES string of the molecule is CN(C)CCOc1ccc2c(c1)C(=O)C[C@@H]1[C@@H]2CC[C@]2(C)[C@@H](O)CC[C@@H]12. The molecule has 0 aromatic heterocycles. The predicted molar refractivity (Wildman–Crippen MR) is 102 cm³/mol. The molecule has 2 saturated carbocycles. The summed E-state index contributed by atoms with van der Waals surface area (Å²) < 4.78 is 5.84. The van der Waals surface area contributed by atoms with Gasteiger partial charge in [0.15, 0.2) is 5.78 Å². The number of carbonyl (C=O) groups is 1. The molecule has 3 aliphatic carbocycles. The highest BCUT2D eigenvalue weighted by molar-refractivity contribution is 5.99. The fraction of sp³-hybridized carbons (Fsp3) is 0.682. The van der Waals surface area contributed by atoms with Gasteiger partial charge in [-0.3, -0.25) is 4.79 Å². The first-order chi connectivity index (χ1) is 12.4. The molecule has 4 heteroatoms. The van der Waals surface area contributed by atoms with E-state index in [1.807, 2.05) is 26.2 Å². The number of benzene rings is 1. The van der Waals surface area contributed by atoms with E-state index in [9.17, 15) is 9.90 Å². The highest BCUT2D eigenvalue weighted by Crippen LogP contribution is 2.60. The Kier molecular flexibility index (Phi) is 4.60. The minimum absolute atomic E-state index is 0.00812. The summed E-state index contributed by atoms with van der Waals surface area (Å²) in [5, 5.41) is 10.5. The van der Waals surface area contributed by atoms with Crippen LogP contribution in [0.2, 0.25) is 0 Å². The van der Waals surface area contributed by atoms with Crippen molar-refractivity contribution in [3.05, 3.63) is 29.3 Å². The number of aliphatic hydroxyl groups excluding tert-OH is 1. The van der Waals surface area contributed by atoms with E-state index in [0.717, 1.165) is 43.5 Å². The van der Waals surface area contributed by atoms with Crippen molar-refractivity contribution in [2.24, 2.45) is 17.3 Å². The van der Waals surface area contributed by atoms with Gasteiger partial charge in [0.2, 0.25) is 0 Å². The molecule has 0 amide bonds. The molecule has 3 aliphatic rings. The minimum atomic E-state index is -0.197. The zero-order valence-corrected chi connectivity index (χ0v) is 16.2. The average Bonchev–Trinajstić information content (AvgIpc) is 2.90. The highest BCUT2D eigenvalue weighted by Gasteiger charge is 2.55. The molecule has 0 radical (unpaired) electrons. The van der Waals surface area contributed by atoms with Gasteiger partial charge in [-0.15, -0.1) is 0 Å². The molecule has 0 spiro atoms. The van der Waals surface area contributed by atoms with Crippen molar-refractivity contribution in [1.29, 1.82) is 0 Å². The molecule has 1 aromatic carbocycles. The molecule has 0 heterocycles. The standard InChI is InChI=1S/C22H31NO3/c1-22-9-8-16-15-5-4-14(26-11-10-23(2)3)12-18(15)20(24)13-17(16)19(22)6-7-21(22)25/h4-5,12,16-17,19,21,25H,6-11,13H2,1-3H3/t16-,17-,19+,21+,22+/m1/s1. The molecule has 1 N–H and O–H groups in total. The van der Waals surface area contributed by atoms with Crippen LogP contribution in [0.4, 0.5) is 0 Å². The van der Waals surface area contributed by atoms with E-state index in [2.05, 4.69) is 17.9 Å². The van der Waals surface area contributed by atoms with Crippen molar-refractivity contribution in [2.45, 2.75) is 51.0 Å². The number of nitrogens with zero attached hydrogens (tertiary/aromatic N) is 1. The lowest BCUT2D eigenvalue weighted by Crippen LogP contribution is -2.44. The summed E-state index contributed by atoms with van der Waals surface area (Å²) in [5.74, 6) is 2.39. The van der Waals surface area contributed by atoms with Gasteiger partial charge in [-0.05, 0) is 80.6 Å². The van der Waals surface area contributed by atoms with Gasteiger partial charge in [-0.2, -0.15) is 0 Å². The van der Waals surface area contributed by atoms with Crippen LogP contribution in [0.3, 0.4) is 0 Å². The first kappa shape index (κ1) is 18.0. The van der Waals surface area contributed by atoms with Crippen LogP contribution in [0.5, 0.6) is 5.75 Å². The first-order valence-electron chi connectivity index (χ1n) is 10.0. The van der Waals surface area contributed by atoms with Crippen molar-refractivity contribution in [1.82, 2.24) is 4.90 Å². The number of hydrogen-bond acceptors (Lipinski definition) is 4. The Morgan fingerprint density at radius 3 is 2.85 bits per heavy atom. The van der Waals surface area contributed by atoms with Gasteiger partial charge in [0, 0.05) is 18.5 Å². The molecule has 4 rings (SSSR count). The van der Waals surface area contributed by atoms with Crippen LogP contribution in [-0.2, 0) is 0 Å². The summed E-state index contributed by atoms with van der Waals surface area (Å²) in [6.45, 7) is 3.73. The number of ether oxygens (including phenoxy) is 1. The number of fused-ring (bicyclic) bond motifs is 5. The lowest BCUT2D eigenvalue weighted by molar-refractivity contribution is -0.0208. The highest BCUT2D eigenvalue weighted by atomic mass is 16.5. The second-order valence-electron chi connectivity index (χ2n) is 9.04. The number of Topliss-reactive ketones (excluding diaryl/α,β-unsaturated/α-hetero) is 1. The Morgan fingerprint density at radius 1 is 1.27 bits per heavy atom. The van der Waals surface area contributed by atoms with Gasteiger partial charge in [0.05, 0.1) is 6.10 Å². The van der Waals surface area contributed by atoms with Crippen molar-refractivity contribution in [3.63, 3.8) is 0 Å². The third-order valence-corrected chi connectivity index (χ3v) is 7.34. The van der Waals surface area contributed by atoms with E-state index in [4.69, 9.17) is 4.74 Å². The van der Waals surface area contributed by atoms with Crippen molar-refractivity contribution < 1.29 is 14.6 Å². The van der Waals surface area contributed by atoms with Crippen LogP contribution in [0.25, 0.3) is 0 Å². The van der Waals surface area contributed by atoms with Gasteiger partial charge >= 0.3 is 0 Å². The van der Waals surface area contributed by atoms with Crippen LogP contribution >= 0.6 is 0 Å². The zero-order valence-electron chi connectivity index (χ0n) is 16.2. The molecule has 2 fully saturated rings. The lowest BCUT2D eigenvalue weighted by atomic mass is 9.55. The molecule has 4 nitrogen and oxygen atoms in total. The number of likely N-dealkylation sites (N-methyl/N-ethyl adjacent to an activating group) is 1. The van der Waals surface area contributed by atoms with Gasteiger partial charge in [0.1, 0.15) is 12.4 Å². The molecule has 0 bridgehead atoms. The van der Waals surface area contributed by atoms with E-state index in [-0.39, 0.29) is 17.3 Å². The Balaban J connectivity index is 1.57. The van der Waals surface area contributed by atoms with Gasteiger partial charge < -0.3 is 14.7 Å². The molecule has 1 aromatic rings. The zero-order chi connectivity index (χ0) is 18.5. The van der Waals surface area contributed by atoms with E-state index in [1.165, 1.54) is 5.56 Å². The van der Waals surface area contributed by atoms with Crippen LogP contribution in [0.15, 0.2) is 18.2 Å². The Labute approximate surface area is 156 Å². The van der Waals surface area contributed by atoms with Crippen molar-refractivity contribution >= 4 is 5.78 Å². The minimum Gasteiger partial charge on any atom is -0.492 e. The normalized spacial score (nSPS) is 35.8. The Morgan fingerprint density at radius 2 is 2.08 bits per heavy atom. The van der Waals surface area contributed by atoms with Crippen molar-refractivity contribution in [2.75, 3.05) is 27.2 Å². The number of aliphatic hydroxyl groups is 1. The summed E-state index contributed by atoms with van der Waals surface area (Å²) in [4.78, 5) is 15.0. The Bertz CT molecular complexity index is 701. The molecule has 0 unspecified atom stereocenters. The van der Waals surface area contributed by atoms with Gasteiger partial charge in [0.25, 0.3) is 0 Å². The largest absolute Gasteiger partial charge is 0.492 e. The monoisotopic (exact) mass is 357 g/mol. The fourth-order valence-corrected chi connectivity index (χ4v) is 5.79. The summed E-state index contributed by atoms with van der Waals surface area (Å²) in [6.07, 6.45) is 4.53. The van der Waals surface area contributed by atoms with E-state index >= 15 is 0 Å². The van der Waals surface area contributed by atoms with E-state index in [1.54, 1.807) is 0 Å². The Hall–Kier alpha value is -1.39. The number of hydrogen-bond donors (Lipinski definition) is 1. The van der Waals surface area contributed by atoms with Crippen LogP contribution in [-0.4, -0.2) is 49.1 Å². The average molecular weight is 357 g/mol. The van der Waals surface area contributed by atoms with Crippen molar-refractivity contribution in [3.8, 4) is 5.75 Å². The summed E-state index contributed by atoms with van der Waals surface area (Å²) >= 11 is 0.